The van der Waals surface area contributed by atoms with E-state index in [1.165, 1.54) is 37.8 Å². The first-order chi connectivity index (χ1) is 13.0. The number of carbonyl (C=O) groups excluding carboxylic acids is 1. The molecule has 3 rings (SSSR count). The van der Waals surface area contributed by atoms with Gasteiger partial charge in [0.15, 0.2) is 0 Å². The van der Waals surface area contributed by atoms with Crippen molar-refractivity contribution in [3.8, 4) is 16.9 Å². The number of nitrogens with zero attached hydrogens (tertiary/aromatic N) is 1. The second kappa shape index (κ2) is 8.64. The zero-order chi connectivity index (χ0) is 19.4. The van der Waals surface area contributed by atoms with Crippen molar-refractivity contribution >= 4 is 5.91 Å². The lowest BCUT2D eigenvalue weighted by Crippen LogP contribution is -2.18. The third-order valence-corrected chi connectivity index (χ3v) is 5.94. The molecule has 4 nitrogen and oxygen atoms in total. The number of hydrogen-bond donors (Lipinski definition) is 2. The molecule has 0 radical (unpaired) electrons. The second-order valence-corrected chi connectivity index (χ2v) is 7.91. The highest BCUT2D eigenvalue weighted by atomic mass is 16.3. The molecule has 1 amide bonds. The summed E-state index contributed by atoms with van der Waals surface area (Å²) in [5.41, 5.74) is 10.4. The molecule has 1 aliphatic carbocycles. The molecule has 27 heavy (non-hydrogen) atoms. The average molecular weight is 369 g/mol. The van der Waals surface area contributed by atoms with E-state index >= 15 is 0 Å². The van der Waals surface area contributed by atoms with Gasteiger partial charge in [0.25, 0.3) is 5.91 Å². The molecular formula is C23H32N2O2. The number of primary amides is 1. The second-order valence-electron chi connectivity index (χ2n) is 7.91. The molecule has 4 heteroatoms. The predicted molar refractivity (Wildman–Crippen MR) is 110 cm³/mol. The number of phenolic OH excluding ortho intramolecular Hbond substituents is 1. The maximum absolute atomic E-state index is 12.4. The van der Waals surface area contributed by atoms with Crippen LogP contribution < -0.4 is 5.73 Å². The Labute approximate surface area is 162 Å². The van der Waals surface area contributed by atoms with Gasteiger partial charge in [-0.2, -0.15) is 0 Å². The lowest BCUT2D eigenvalue weighted by molar-refractivity contribution is 0.1000. The molecule has 1 aromatic heterocycles. The fourth-order valence-corrected chi connectivity index (χ4v) is 4.55. The lowest BCUT2D eigenvalue weighted by atomic mass is 9.89. The number of benzene rings is 1. The van der Waals surface area contributed by atoms with Gasteiger partial charge in [-0.25, -0.2) is 0 Å². The molecule has 1 aromatic carbocycles. The van der Waals surface area contributed by atoms with Crippen LogP contribution in [0.1, 0.15) is 73.6 Å². The minimum atomic E-state index is -0.383. The number of hydrogen-bond acceptors (Lipinski definition) is 2. The molecule has 146 valence electrons. The van der Waals surface area contributed by atoms with Gasteiger partial charge in [-0.1, -0.05) is 44.7 Å². The number of amides is 1. The average Bonchev–Trinajstić information content (AvgIpc) is 2.93. The molecule has 0 unspecified atom stereocenters. The van der Waals surface area contributed by atoms with E-state index in [-0.39, 0.29) is 11.7 Å². The van der Waals surface area contributed by atoms with E-state index in [2.05, 4.69) is 11.5 Å². The maximum Gasteiger partial charge on any atom is 0.251 e. The van der Waals surface area contributed by atoms with Crippen molar-refractivity contribution in [3.63, 3.8) is 0 Å². The number of phenols is 1. The fraction of sp³-hybridized carbons (Fsp3) is 0.522. The first-order valence-electron chi connectivity index (χ1n) is 10.3. The molecule has 1 aliphatic rings. The van der Waals surface area contributed by atoms with Crippen LogP contribution in [0.2, 0.25) is 0 Å². The van der Waals surface area contributed by atoms with Crippen LogP contribution in [-0.4, -0.2) is 15.6 Å². The first-order valence-corrected chi connectivity index (χ1v) is 10.3. The van der Waals surface area contributed by atoms with Gasteiger partial charge < -0.3 is 15.4 Å². The van der Waals surface area contributed by atoms with Crippen LogP contribution >= 0.6 is 0 Å². The van der Waals surface area contributed by atoms with Gasteiger partial charge in [0.05, 0.1) is 5.56 Å². The largest absolute Gasteiger partial charge is 0.508 e. The standard InChI is InChI=1S/C23H32N2O2/c1-3-4-13-20-22(18-11-8-12-19(26)14-18)21(23(24)27)16(2)25(20)15-17-9-6-5-7-10-17/h8,11-12,14,17,26H,3-7,9-10,13,15H2,1-2H3,(H2,24,27). The summed E-state index contributed by atoms with van der Waals surface area (Å²) in [4.78, 5) is 12.4. The minimum absolute atomic E-state index is 0.210. The Hall–Kier alpha value is -2.23. The SMILES string of the molecule is CCCCc1c(-c2cccc(O)c2)c(C(N)=O)c(C)n1CC1CCCCC1. The van der Waals surface area contributed by atoms with Crippen molar-refractivity contribution in [2.45, 2.75) is 71.8 Å². The number of aromatic hydroxyl groups is 1. The highest BCUT2D eigenvalue weighted by Crippen LogP contribution is 2.37. The zero-order valence-corrected chi connectivity index (χ0v) is 16.6. The van der Waals surface area contributed by atoms with Gasteiger partial charge in [0, 0.05) is 23.5 Å². The molecular weight excluding hydrogens is 336 g/mol. The highest BCUT2D eigenvalue weighted by molar-refractivity contribution is 6.02. The van der Waals surface area contributed by atoms with Crippen molar-refractivity contribution in [1.82, 2.24) is 4.57 Å². The number of aromatic nitrogens is 1. The summed E-state index contributed by atoms with van der Waals surface area (Å²) in [6.45, 7) is 5.17. The summed E-state index contributed by atoms with van der Waals surface area (Å²) in [6.07, 6.45) is 9.55. The zero-order valence-electron chi connectivity index (χ0n) is 16.6. The minimum Gasteiger partial charge on any atom is -0.508 e. The van der Waals surface area contributed by atoms with Crippen LogP contribution in [0.25, 0.3) is 11.1 Å². The molecule has 1 fully saturated rings. The van der Waals surface area contributed by atoms with E-state index in [0.29, 0.717) is 11.5 Å². The van der Waals surface area contributed by atoms with E-state index in [9.17, 15) is 9.90 Å². The Morgan fingerprint density at radius 2 is 2.00 bits per heavy atom. The quantitative estimate of drug-likeness (QED) is 0.706. The van der Waals surface area contributed by atoms with Crippen LogP contribution in [0.15, 0.2) is 24.3 Å². The Kier molecular flexibility index (Phi) is 6.25. The normalized spacial score (nSPS) is 15.2. The molecule has 1 heterocycles. The molecule has 1 saturated carbocycles. The molecule has 0 spiro atoms. The predicted octanol–water partition coefficient (Wildman–Crippen LogP) is 5.19. The third kappa shape index (κ3) is 4.20. The smallest absolute Gasteiger partial charge is 0.251 e. The van der Waals surface area contributed by atoms with Gasteiger partial charge in [-0.15, -0.1) is 0 Å². The van der Waals surface area contributed by atoms with Gasteiger partial charge >= 0.3 is 0 Å². The van der Waals surface area contributed by atoms with E-state index in [0.717, 1.165) is 42.6 Å². The van der Waals surface area contributed by atoms with Gasteiger partial charge in [-0.05, 0) is 56.2 Å². The molecule has 0 bridgehead atoms. The number of rotatable bonds is 7. The number of carbonyl (C=O) groups is 1. The Morgan fingerprint density at radius 1 is 1.26 bits per heavy atom. The molecule has 0 aliphatic heterocycles. The number of unbranched alkanes of at least 4 members (excludes halogenated alkanes) is 1. The van der Waals surface area contributed by atoms with Crippen LogP contribution in [0.3, 0.4) is 0 Å². The van der Waals surface area contributed by atoms with E-state index in [4.69, 9.17) is 5.73 Å². The van der Waals surface area contributed by atoms with Crippen molar-refractivity contribution in [2.24, 2.45) is 11.7 Å². The van der Waals surface area contributed by atoms with Gasteiger partial charge in [-0.3, -0.25) is 4.79 Å². The van der Waals surface area contributed by atoms with Crippen LogP contribution in [0.4, 0.5) is 0 Å². The summed E-state index contributed by atoms with van der Waals surface area (Å²) < 4.78 is 2.35. The molecule has 0 saturated heterocycles. The van der Waals surface area contributed by atoms with Crippen LogP contribution in [-0.2, 0) is 13.0 Å². The van der Waals surface area contributed by atoms with Crippen LogP contribution in [0, 0.1) is 12.8 Å². The maximum atomic E-state index is 12.4. The Bertz CT molecular complexity index is 801. The summed E-state index contributed by atoms with van der Waals surface area (Å²) in [7, 11) is 0. The van der Waals surface area contributed by atoms with Crippen molar-refractivity contribution in [3.05, 3.63) is 41.2 Å². The summed E-state index contributed by atoms with van der Waals surface area (Å²) in [6, 6.07) is 7.18. The van der Waals surface area contributed by atoms with E-state index in [1.54, 1.807) is 12.1 Å². The molecule has 0 atom stereocenters. The highest BCUT2D eigenvalue weighted by Gasteiger charge is 2.26. The van der Waals surface area contributed by atoms with Gasteiger partial charge in [0.1, 0.15) is 5.75 Å². The monoisotopic (exact) mass is 368 g/mol. The van der Waals surface area contributed by atoms with Crippen LogP contribution in [0.5, 0.6) is 5.75 Å². The molecule has 2 aromatic rings. The number of nitrogens with two attached hydrogens (primary N) is 1. The summed E-state index contributed by atoms with van der Waals surface area (Å²) >= 11 is 0. The van der Waals surface area contributed by atoms with Crippen molar-refractivity contribution in [2.75, 3.05) is 0 Å². The lowest BCUT2D eigenvalue weighted by Gasteiger charge is -2.24. The fourth-order valence-electron chi connectivity index (χ4n) is 4.55. The van der Waals surface area contributed by atoms with Crippen molar-refractivity contribution < 1.29 is 9.90 Å². The third-order valence-electron chi connectivity index (χ3n) is 5.94. The summed E-state index contributed by atoms with van der Waals surface area (Å²) in [5, 5.41) is 9.99. The Balaban J connectivity index is 2.13. The summed E-state index contributed by atoms with van der Waals surface area (Å²) in [5.74, 6) is 0.496. The van der Waals surface area contributed by atoms with E-state index in [1.807, 2.05) is 19.1 Å². The topological polar surface area (TPSA) is 68.2 Å². The van der Waals surface area contributed by atoms with Crippen molar-refractivity contribution in [1.29, 1.82) is 0 Å². The van der Waals surface area contributed by atoms with E-state index < -0.39 is 0 Å². The Morgan fingerprint density at radius 3 is 2.63 bits per heavy atom. The first kappa shape index (κ1) is 19.5. The van der Waals surface area contributed by atoms with Gasteiger partial charge in [0.2, 0.25) is 0 Å². The molecule has 3 N–H and O–H groups in total.